The smallest absolute Gasteiger partial charge is 0.312 e. The molecule has 0 aliphatic heterocycles. The molecule has 0 radical (unpaired) electrons. The van der Waals surface area contributed by atoms with Crippen LogP contribution >= 0.6 is 0 Å². The molecule has 0 saturated carbocycles. The van der Waals surface area contributed by atoms with Gasteiger partial charge in [0.1, 0.15) is 0 Å². The van der Waals surface area contributed by atoms with E-state index in [0.29, 0.717) is 18.7 Å². The standard InChI is InChI=1S/C15H23N3O3/c1-18(9-3-2-4-10-19)14(20)13-7-5-12(6-8-13)11-17-15(16)21/h5-8,19H,2-4,9-11H2,1H3,(H3,16,17,21). The van der Waals surface area contributed by atoms with Crippen molar-refractivity contribution in [2.75, 3.05) is 20.2 Å². The fourth-order valence-electron chi connectivity index (χ4n) is 1.91. The lowest BCUT2D eigenvalue weighted by atomic mass is 10.1. The van der Waals surface area contributed by atoms with Crippen LogP contribution in [0.15, 0.2) is 24.3 Å². The van der Waals surface area contributed by atoms with Crippen LogP contribution in [0.1, 0.15) is 35.2 Å². The number of hydrogen-bond donors (Lipinski definition) is 3. The Labute approximate surface area is 124 Å². The third kappa shape index (κ3) is 6.27. The minimum absolute atomic E-state index is 0.0339. The second-order valence-electron chi connectivity index (χ2n) is 4.93. The van der Waals surface area contributed by atoms with Gasteiger partial charge in [-0.3, -0.25) is 4.79 Å². The van der Waals surface area contributed by atoms with Crippen LogP contribution in [0.2, 0.25) is 0 Å². The van der Waals surface area contributed by atoms with E-state index < -0.39 is 6.03 Å². The molecule has 0 heterocycles. The van der Waals surface area contributed by atoms with Gasteiger partial charge < -0.3 is 21.1 Å². The third-order valence-corrected chi connectivity index (χ3v) is 3.17. The Hall–Kier alpha value is -2.08. The van der Waals surface area contributed by atoms with Crippen molar-refractivity contribution in [2.45, 2.75) is 25.8 Å². The van der Waals surface area contributed by atoms with Crippen molar-refractivity contribution in [1.82, 2.24) is 10.2 Å². The fraction of sp³-hybridized carbons (Fsp3) is 0.467. The molecule has 0 fully saturated rings. The summed E-state index contributed by atoms with van der Waals surface area (Å²) in [5, 5.41) is 11.2. The highest BCUT2D eigenvalue weighted by Crippen LogP contribution is 2.08. The number of carbonyl (C=O) groups is 2. The molecular weight excluding hydrogens is 270 g/mol. The molecule has 0 unspecified atom stereocenters. The molecule has 0 aliphatic rings. The fourth-order valence-corrected chi connectivity index (χ4v) is 1.91. The van der Waals surface area contributed by atoms with Crippen LogP contribution in [0.4, 0.5) is 4.79 Å². The zero-order chi connectivity index (χ0) is 15.7. The molecule has 3 amide bonds. The van der Waals surface area contributed by atoms with Gasteiger partial charge in [-0.1, -0.05) is 12.1 Å². The van der Waals surface area contributed by atoms with Crippen LogP contribution in [0.25, 0.3) is 0 Å². The SMILES string of the molecule is CN(CCCCCO)C(=O)c1ccc(CNC(N)=O)cc1. The Morgan fingerprint density at radius 2 is 1.86 bits per heavy atom. The van der Waals surface area contributed by atoms with E-state index in [-0.39, 0.29) is 12.5 Å². The molecule has 0 bridgehead atoms. The Kier molecular flexibility index (Phi) is 7.25. The molecule has 21 heavy (non-hydrogen) atoms. The second kappa shape index (κ2) is 8.97. The lowest BCUT2D eigenvalue weighted by Crippen LogP contribution is -2.29. The number of unbranched alkanes of at least 4 members (excludes halogenated alkanes) is 2. The van der Waals surface area contributed by atoms with E-state index in [1.54, 1.807) is 36.2 Å². The van der Waals surface area contributed by atoms with Gasteiger partial charge >= 0.3 is 6.03 Å². The van der Waals surface area contributed by atoms with Crippen LogP contribution in [-0.4, -0.2) is 42.1 Å². The number of primary amides is 1. The number of carbonyl (C=O) groups excluding carboxylic acids is 2. The minimum atomic E-state index is -0.572. The van der Waals surface area contributed by atoms with Gasteiger partial charge in [-0.05, 0) is 37.0 Å². The van der Waals surface area contributed by atoms with Crippen LogP contribution in [0.5, 0.6) is 0 Å². The molecule has 0 aliphatic carbocycles. The first-order valence-corrected chi connectivity index (χ1v) is 7.03. The van der Waals surface area contributed by atoms with Crippen molar-refractivity contribution in [3.63, 3.8) is 0 Å². The first kappa shape index (κ1) is 17.0. The minimum Gasteiger partial charge on any atom is -0.396 e. The van der Waals surface area contributed by atoms with E-state index in [0.717, 1.165) is 24.8 Å². The number of rotatable bonds is 8. The van der Waals surface area contributed by atoms with Crippen molar-refractivity contribution in [1.29, 1.82) is 0 Å². The van der Waals surface area contributed by atoms with Gasteiger partial charge in [0.2, 0.25) is 0 Å². The molecule has 0 atom stereocenters. The molecule has 116 valence electrons. The summed E-state index contributed by atoms with van der Waals surface area (Å²) < 4.78 is 0. The Morgan fingerprint density at radius 1 is 1.19 bits per heavy atom. The number of hydrogen-bond acceptors (Lipinski definition) is 3. The molecule has 6 nitrogen and oxygen atoms in total. The van der Waals surface area contributed by atoms with Gasteiger partial charge in [0.25, 0.3) is 5.91 Å². The summed E-state index contributed by atoms with van der Waals surface area (Å²) in [4.78, 5) is 24.5. The van der Waals surface area contributed by atoms with E-state index in [2.05, 4.69) is 5.32 Å². The summed E-state index contributed by atoms with van der Waals surface area (Å²) in [5.74, 6) is -0.0339. The predicted molar refractivity (Wildman–Crippen MR) is 80.8 cm³/mol. The summed E-state index contributed by atoms with van der Waals surface area (Å²) in [6, 6.07) is 6.50. The molecule has 4 N–H and O–H groups in total. The molecule has 1 aromatic rings. The summed E-state index contributed by atoms with van der Waals surface area (Å²) in [6.07, 6.45) is 2.55. The van der Waals surface area contributed by atoms with Crippen LogP contribution in [0.3, 0.4) is 0 Å². The first-order valence-electron chi connectivity index (χ1n) is 7.03. The number of benzene rings is 1. The van der Waals surface area contributed by atoms with Crippen LogP contribution in [-0.2, 0) is 6.54 Å². The predicted octanol–water partition coefficient (Wildman–Crippen LogP) is 1.09. The molecule has 0 aromatic heterocycles. The molecular formula is C15H23N3O3. The summed E-state index contributed by atoms with van der Waals surface area (Å²) in [5.41, 5.74) is 6.50. The Balaban J connectivity index is 2.48. The maximum Gasteiger partial charge on any atom is 0.312 e. The highest BCUT2D eigenvalue weighted by Gasteiger charge is 2.11. The topological polar surface area (TPSA) is 95.7 Å². The largest absolute Gasteiger partial charge is 0.396 e. The highest BCUT2D eigenvalue weighted by molar-refractivity contribution is 5.94. The number of nitrogens with one attached hydrogen (secondary N) is 1. The average Bonchev–Trinajstić information content (AvgIpc) is 2.49. The molecule has 1 rings (SSSR count). The number of nitrogens with zero attached hydrogens (tertiary/aromatic N) is 1. The van der Waals surface area contributed by atoms with Crippen molar-refractivity contribution in [2.24, 2.45) is 5.73 Å². The highest BCUT2D eigenvalue weighted by atomic mass is 16.3. The molecule has 1 aromatic carbocycles. The average molecular weight is 293 g/mol. The summed E-state index contributed by atoms with van der Waals surface area (Å²) in [6.45, 7) is 1.21. The number of aliphatic hydroxyl groups excluding tert-OH is 1. The van der Waals surface area contributed by atoms with E-state index in [4.69, 9.17) is 10.8 Å². The van der Waals surface area contributed by atoms with E-state index in [1.165, 1.54) is 0 Å². The van der Waals surface area contributed by atoms with Gasteiger partial charge in [0, 0.05) is 32.3 Å². The van der Waals surface area contributed by atoms with Crippen molar-refractivity contribution in [3.05, 3.63) is 35.4 Å². The van der Waals surface area contributed by atoms with E-state index in [9.17, 15) is 9.59 Å². The van der Waals surface area contributed by atoms with Crippen LogP contribution < -0.4 is 11.1 Å². The van der Waals surface area contributed by atoms with Gasteiger partial charge in [-0.15, -0.1) is 0 Å². The number of nitrogens with two attached hydrogens (primary N) is 1. The Bertz CT molecular complexity index is 460. The summed E-state index contributed by atoms with van der Waals surface area (Å²) in [7, 11) is 1.77. The van der Waals surface area contributed by atoms with E-state index in [1.807, 2.05) is 0 Å². The van der Waals surface area contributed by atoms with Crippen LogP contribution in [0, 0.1) is 0 Å². The molecule has 6 heteroatoms. The second-order valence-corrected chi connectivity index (χ2v) is 4.93. The van der Waals surface area contributed by atoms with Gasteiger partial charge in [-0.2, -0.15) is 0 Å². The number of urea groups is 1. The normalized spacial score (nSPS) is 10.2. The molecule has 0 spiro atoms. The Morgan fingerprint density at radius 3 is 2.43 bits per heavy atom. The number of aliphatic hydroxyl groups is 1. The van der Waals surface area contributed by atoms with Gasteiger partial charge in [0.05, 0.1) is 0 Å². The quantitative estimate of drug-likeness (QED) is 0.626. The lowest BCUT2D eigenvalue weighted by Gasteiger charge is -2.17. The number of amides is 3. The maximum atomic E-state index is 12.2. The summed E-state index contributed by atoms with van der Waals surface area (Å²) >= 11 is 0. The van der Waals surface area contributed by atoms with E-state index >= 15 is 0 Å². The maximum absolute atomic E-state index is 12.2. The zero-order valence-corrected chi connectivity index (χ0v) is 12.3. The lowest BCUT2D eigenvalue weighted by molar-refractivity contribution is 0.0792. The van der Waals surface area contributed by atoms with Crippen molar-refractivity contribution in [3.8, 4) is 0 Å². The van der Waals surface area contributed by atoms with Crippen molar-refractivity contribution >= 4 is 11.9 Å². The van der Waals surface area contributed by atoms with Crippen molar-refractivity contribution < 1.29 is 14.7 Å². The van der Waals surface area contributed by atoms with Gasteiger partial charge in [0.15, 0.2) is 0 Å². The third-order valence-electron chi connectivity index (χ3n) is 3.17. The monoisotopic (exact) mass is 293 g/mol. The molecule has 0 saturated heterocycles. The zero-order valence-electron chi connectivity index (χ0n) is 12.3. The van der Waals surface area contributed by atoms with Gasteiger partial charge in [-0.25, -0.2) is 4.79 Å². The first-order chi connectivity index (χ1) is 10.0.